The number of thioether (sulfide) groups is 1. The Labute approximate surface area is 153 Å². The number of anilines is 1. The largest absolute Gasteiger partial charge is 0.383 e. The number of halogens is 5. The molecule has 0 fully saturated rings. The minimum atomic E-state index is -0.458. The number of hydrogen-bond acceptors (Lipinski definition) is 4. The summed E-state index contributed by atoms with van der Waals surface area (Å²) < 4.78 is 0.842. The van der Waals surface area contributed by atoms with Crippen molar-refractivity contribution in [3.63, 3.8) is 0 Å². The Morgan fingerprint density at radius 2 is 1.90 bits per heavy atom. The lowest BCUT2D eigenvalue weighted by Crippen LogP contribution is -2.04. The van der Waals surface area contributed by atoms with Crippen LogP contribution in [0.3, 0.4) is 0 Å². The van der Waals surface area contributed by atoms with Gasteiger partial charge in [0.2, 0.25) is 0 Å². The number of nitriles is 1. The standard InChI is InChI=1S/C11H5BrCl4N4S/c12-11(16)21-9-7(3-17)19-20(10(9)18)8-5(14)1-4(13)2-6(8)15/h1-2,11H,18H2. The van der Waals surface area contributed by atoms with Crippen molar-refractivity contribution in [2.45, 2.75) is 8.51 Å². The smallest absolute Gasteiger partial charge is 0.178 e. The van der Waals surface area contributed by atoms with Gasteiger partial charge in [-0.2, -0.15) is 10.4 Å². The number of hydrogen-bond donors (Lipinski definition) is 1. The Balaban J connectivity index is 2.67. The maximum atomic E-state index is 9.16. The van der Waals surface area contributed by atoms with Crippen molar-refractivity contribution in [3.05, 3.63) is 32.9 Å². The van der Waals surface area contributed by atoms with Crippen LogP contribution in [0.4, 0.5) is 5.82 Å². The first-order valence-corrected chi connectivity index (χ1v) is 8.60. The highest BCUT2D eigenvalue weighted by atomic mass is 79.9. The lowest BCUT2D eigenvalue weighted by atomic mass is 10.3. The summed E-state index contributed by atoms with van der Waals surface area (Å²) in [7, 11) is 0. The van der Waals surface area contributed by atoms with Crippen molar-refractivity contribution >= 4 is 79.9 Å². The van der Waals surface area contributed by atoms with Crippen LogP contribution in [0.1, 0.15) is 5.69 Å². The Hall–Kier alpha value is -0.290. The summed E-state index contributed by atoms with van der Waals surface area (Å²) in [6.45, 7) is 0. The fraction of sp³-hybridized carbons (Fsp3) is 0.0909. The molecule has 0 aliphatic heterocycles. The maximum Gasteiger partial charge on any atom is 0.178 e. The molecule has 0 saturated heterocycles. The van der Waals surface area contributed by atoms with E-state index in [1.807, 2.05) is 6.07 Å². The fourth-order valence-electron chi connectivity index (χ4n) is 1.60. The zero-order chi connectivity index (χ0) is 15.7. The summed E-state index contributed by atoms with van der Waals surface area (Å²) in [6, 6.07) is 4.98. The van der Waals surface area contributed by atoms with Crippen LogP contribution in [0, 0.1) is 11.3 Å². The van der Waals surface area contributed by atoms with Gasteiger partial charge in [-0.3, -0.25) is 0 Å². The molecule has 2 rings (SSSR count). The van der Waals surface area contributed by atoms with Gasteiger partial charge in [-0.05, 0) is 12.1 Å². The zero-order valence-corrected chi connectivity index (χ0v) is 15.4. The van der Waals surface area contributed by atoms with E-state index in [4.69, 9.17) is 57.4 Å². The molecule has 0 radical (unpaired) electrons. The molecule has 0 spiro atoms. The summed E-state index contributed by atoms with van der Waals surface area (Å²) >= 11 is 28.3. The number of nitrogens with two attached hydrogens (primary N) is 1. The van der Waals surface area contributed by atoms with Gasteiger partial charge < -0.3 is 5.73 Å². The molecule has 10 heteroatoms. The minimum Gasteiger partial charge on any atom is -0.383 e. The van der Waals surface area contributed by atoms with Crippen LogP contribution in [0.15, 0.2) is 17.0 Å². The zero-order valence-electron chi connectivity index (χ0n) is 9.95. The SMILES string of the molecule is N#Cc1nn(-c2c(Cl)cc(Cl)cc2Cl)c(N)c1SC(Cl)Br. The normalized spacial score (nSPS) is 12.2. The fourth-order valence-corrected chi connectivity index (χ4v) is 3.99. The molecule has 4 nitrogen and oxygen atoms in total. The number of nitrogens with zero attached hydrogens (tertiary/aromatic N) is 3. The summed E-state index contributed by atoms with van der Waals surface area (Å²) in [4.78, 5) is 0.441. The van der Waals surface area contributed by atoms with Crippen LogP contribution in [0.25, 0.3) is 5.69 Å². The highest BCUT2D eigenvalue weighted by Crippen LogP contribution is 2.40. The van der Waals surface area contributed by atoms with E-state index in [-0.39, 0.29) is 21.6 Å². The first kappa shape index (κ1) is 17.1. The second-order valence-corrected chi connectivity index (χ2v) is 8.79. The molecular formula is C11H5BrCl4N4S. The minimum absolute atomic E-state index is 0.129. The van der Waals surface area contributed by atoms with Crippen LogP contribution in [0.5, 0.6) is 0 Å². The van der Waals surface area contributed by atoms with Crippen LogP contribution in [0.2, 0.25) is 15.1 Å². The van der Waals surface area contributed by atoms with Gasteiger partial charge in [0.25, 0.3) is 0 Å². The van der Waals surface area contributed by atoms with Crippen molar-refractivity contribution < 1.29 is 0 Å². The lowest BCUT2D eigenvalue weighted by Gasteiger charge is -2.10. The third-order valence-electron chi connectivity index (χ3n) is 2.38. The Morgan fingerprint density at radius 1 is 1.33 bits per heavy atom. The monoisotopic (exact) mass is 444 g/mol. The summed E-state index contributed by atoms with van der Waals surface area (Å²) in [5.41, 5.74) is 6.52. The molecule has 2 aromatic rings. The predicted octanol–water partition coefficient (Wildman–Crippen LogP) is 5.30. The van der Waals surface area contributed by atoms with Gasteiger partial charge in [0.15, 0.2) is 5.69 Å². The second kappa shape index (κ2) is 6.86. The predicted molar refractivity (Wildman–Crippen MR) is 92.1 cm³/mol. The van der Waals surface area contributed by atoms with Crippen molar-refractivity contribution in [2.75, 3.05) is 5.73 Å². The second-order valence-electron chi connectivity index (χ2n) is 3.68. The average molecular weight is 447 g/mol. The molecule has 1 atom stereocenters. The van der Waals surface area contributed by atoms with Crippen LogP contribution < -0.4 is 5.73 Å². The lowest BCUT2D eigenvalue weighted by molar-refractivity contribution is 0.884. The van der Waals surface area contributed by atoms with Crippen molar-refractivity contribution in [1.82, 2.24) is 9.78 Å². The summed E-state index contributed by atoms with van der Waals surface area (Å²) in [6.07, 6.45) is 0. The number of alkyl halides is 2. The van der Waals surface area contributed by atoms with E-state index >= 15 is 0 Å². The maximum absolute atomic E-state index is 9.16. The van der Waals surface area contributed by atoms with E-state index in [2.05, 4.69) is 21.0 Å². The van der Waals surface area contributed by atoms with Gasteiger partial charge in [0.1, 0.15) is 21.2 Å². The van der Waals surface area contributed by atoms with Crippen molar-refractivity contribution in [2.24, 2.45) is 0 Å². The van der Waals surface area contributed by atoms with E-state index in [0.29, 0.717) is 15.6 Å². The first-order valence-electron chi connectivity index (χ1n) is 5.23. The molecule has 0 bridgehead atoms. The molecule has 1 heterocycles. The molecule has 0 aliphatic rings. The quantitative estimate of drug-likeness (QED) is 0.513. The molecule has 1 unspecified atom stereocenters. The number of aromatic nitrogens is 2. The van der Waals surface area contributed by atoms with Gasteiger partial charge in [-0.1, -0.05) is 74.1 Å². The molecule has 110 valence electrons. The van der Waals surface area contributed by atoms with Crippen molar-refractivity contribution in [1.29, 1.82) is 5.26 Å². The van der Waals surface area contributed by atoms with Crippen LogP contribution >= 0.6 is 74.1 Å². The molecule has 2 N–H and O–H groups in total. The number of rotatable bonds is 3. The molecular weight excluding hydrogens is 442 g/mol. The molecule has 0 saturated carbocycles. The Bertz CT molecular complexity index is 718. The summed E-state index contributed by atoms with van der Waals surface area (Å²) in [5.74, 6) is 0.216. The molecule has 1 aromatic heterocycles. The van der Waals surface area contributed by atoms with E-state index < -0.39 is 3.62 Å². The van der Waals surface area contributed by atoms with E-state index in [0.717, 1.165) is 11.8 Å². The van der Waals surface area contributed by atoms with Gasteiger partial charge in [-0.15, -0.1) is 0 Å². The highest BCUT2D eigenvalue weighted by molar-refractivity contribution is 9.11. The summed E-state index contributed by atoms with van der Waals surface area (Å²) in [5, 5.41) is 14.2. The topological polar surface area (TPSA) is 67.6 Å². The number of benzene rings is 1. The van der Waals surface area contributed by atoms with Crippen molar-refractivity contribution in [3.8, 4) is 11.8 Å². The molecule has 0 aliphatic carbocycles. The van der Waals surface area contributed by atoms with Gasteiger partial charge in [0, 0.05) is 5.02 Å². The van der Waals surface area contributed by atoms with E-state index in [1.54, 1.807) is 0 Å². The van der Waals surface area contributed by atoms with E-state index in [1.165, 1.54) is 16.8 Å². The third kappa shape index (κ3) is 3.55. The van der Waals surface area contributed by atoms with Gasteiger partial charge in [-0.25, -0.2) is 4.68 Å². The molecule has 1 aromatic carbocycles. The Kier molecular flexibility index (Phi) is 5.58. The molecule has 0 amide bonds. The first-order chi connectivity index (χ1) is 9.85. The van der Waals surface area contributed by atoms with Gasteiger partial charge >= 0.3 is 0 Å². The number of nitrogen functional groups attached to an aromatic ring is 1. The third-order valence-corrected chi connectivity index (χ3v) is 4.82. The Morgan fingerprint density at radius 3 is 2.38 bits per heavy atom. The van der Waals surface area contributed by atoms with Gasteiger partial charge in [0.05, 0.1) is 14.9 Å². The molecule has 21 heavy (non-hydrogen) atoms. The van der Waals surface area contributed by atoms with Crippen LogP contribution in [-0.2, 0) is 0 Å². The highest BCUT2D eigenvalue weighted by Gasteiger charge is 2.22. The van der Waals surface area contributed by atoms with Crippen LogP contribution in [-0.4, -0.2) is 13.4 Å². The average Bonchev–Trinajstić information content (AvgIpc) is 2.66. The van der Waals surface area contributed by atoms with E-state index in [9.17, 15) is 0 Å².